The third-order valence-corrected chi connectivity index (χ3v) is 4.08. The van der Waals surface area contributed by atoms with E-state index < -0.39 is 29.4 Å². The molecule has 19 heavy (non-hydrogen) atoms. The van der Waals surface area contributed by atoms with Crippen molar-refractivity contribution in [1.82, 2.24) is 0 Å². The Balaban J connectivity index is 3.27. The number of aliphatic carboxylic acids is 1. The van der Waals surface area contributed by atoms with E-state index in [-0.39, 0.29) is 23.2 Å². The Hall–Kier alpha value is -1.19. The molecule has 108 valence electrons. The van der Waals surface area contributed by atoms with Gasteiger partial charge in [-0.25, -0.2) is 0 Å². The molecule has 0 bridgehead atoms. The van der Waals surface area contributed by atoms with Crippen molar-refractivity contribution < 1.29 is 19.5 Å². The van der Waals surface area contributed by atoms with Crippen LogP contribution < -0.4 is 0 Å². The Morgan fingerprint density at radius 1 is 1.00 bits per heavy atom. The first-order chi connectivity index (χ1) is 8.37. The van der Waals surface area contributed by atoms with Crippen LogP contribution in [0.25, 0.3) is 0 Å². The highest BCUT2D eigenvalue weighted by molar-refractivity contribution is 6.42. The van der Waals surface area contributed by atoms with Crippen molar-refractivity contribution in [1.29, 1.82) is 0 Å². The lowest BCUT2D eigenvalue weighted by Crippen LogP contribution is -2.52. The number of Topliss-reactive ketones (excluding diaryl/α,β-unsaturated/α-hetero) is 2. The summed E-state index contributed by atoms with van der Waals surface area (Å²) in [6, 6.07) is 0. The number of carboxylic acids is 1. The van der Waals surface area contributed by atoms with Crippen LogP contribution in [-0.2, 0) is 14.4 Å². The Labute approximate surface area is 114 Å². The second-order valence-electron chi connectivity index (χ2n) is 7.67. The molecule has 0 aromatic carbocycles. The second kappa shape index (κ2) is 4.73. The number of hydrogen-bond acceptors (Lipinski definition) is 3. The third kappa shape index (κ3) is 3.04. The van der Waals surface area contributed by atoms with Gasteiger partial charge in [0.05, 0.1) is 0 Å². The zero-order valence-electron chi connectivity index (χ0n) is 12.6. The molecule has 0 heterocycles. The van der Waals surface area contributed by atoms with Crippen LogP contribution in [0.15, 0.2) is 0 Å². The summed E-state index contributed by atoms with van der Waals surface area (Å²) >= 11 is 0. The molecular formula is C15H24O4. The molecule has 0 aromatic rings. The lowest BCUT2D eigenvalue weighted by molar-refractivity contribution is -0.160. The van der Waals surface area contributed by atoms with Crippen molar-refractivity contribution in [3.63, 3.8) is 0 Å². The Morgan fingerprint density at radius 3 is 1.79 bits per heavy atom. The normalized spacial score (nSPS) is 29.5. The minimum Gasteiger partial charge on any atom is -0.481 e. The molecule has 1 saturated carbocycles. The van der Waals surface area contributed by atoms with Gasteiger partial charge in [-0.15, -0.1) is 0 Å². The van der Waals surface area contributed by atoms with E-state index in [9.17, 15) is 14.4 Å². The molecule has 0 radical (unpaired) electrons. The number of carbonyl (C=O) groups excluding carboxylic acids is 2. The number of carbonyl (C=O) groups is 3. The highest BCUT2D eigenvalue weighted by Crippen LogP contribution is 2.48. The van der Waals surface area contributed by atoms with Gasteiger partial charge in [0.1, 0.15) is 5.92 Å². The van der Waals surface area contributed by atoms with E-state index in [0.717, 1.165) is 0 Å². The third-order valence-electron chi connectivity index (χ3n) is 4.08. The number of carboxylic acid groups (broad SMARTS) is 1. The van der Waals surface area contributed by atoms with E-state index in [2.05, 4.69) is 0 Å². The highest BCUT2D eigenvalue weighted by Gasteiger charge is 2.53. The molecule has 0 amide bonds. The summed E-state index contributed by atoms with van der Waals surface area (Å²) in [6.45, 7) is 11.8. The number of hydrogen-bond donors (Lipinski definition) is 1. The largest absolute Gasteiger partial charge is 0.481 e. The summed E-state index contributed by atoms with van der Waals surface area (Å²) in [7, 11) is 0. The Kier molecular flexibility index (Phi) is 3.95. The van der Waals surface area contributed by atoms with E-state index in [1.807, 2.05) is 41.5 Å². The smallest absolute Gasteiger partial charge is 0.314 e. The zero-order valence-corrected chi connectivity index (χ0v) is 12.6. The minimum atomic E-state index is -1.18. The van der Waals surface area contributed by atoms with E-state index in [1.165, 1.54) is 0 Å². The molecule has 1 aliphatic rings. The maximum Gasteiger partial charge on any atom is 0.314 e. The predicted molar refractivity (Wildman–Crippen MR) is 71.6 cm³/mol. The van der Waals surface area contributed by atoms with Crippen LogP contribution in [-0.4, -0.2) is 22.6 Å². The van der Waals surface area contributed by atoms with Gasteiger partial charge in [-0.3, -0.25) is 14.4 Å². The fraction of sp³-hybridized carbons (Fsp3) is 0.800. The van der Waals surface area contributed by atoms with Crippen molar-refractivity contribution in [2.45, 2.75) is 48.0 Å². The molecule has 3 atom stereocenters. The summed E-state index contributed by atoms with van der Waals surface area (Å²) in [5, 5.41) is 9.13. The number of ketones is 2. The van der Waals surface area contributed by atoms with E-state index in [1.54, 1.807) is 0 Å². The lowest BCUT2D eigenvalue weighted by atomic mass is 9.56. The van der Waals surface area contributed by atoms with Gasteiger partial charge in [0.25, 0.3) is 0 Å². The van der Waals surface area contributed by atoms with Gasteiger partial charge in [-0.05, 0) is 23.2 Å². The molecular weight excluding hydrogens is 244 g/mol. The Bertz CT molecular complexity index is 409. The average Bonchev–Trinajstić information content (AvgIpc) is 2.17. The molecule has 0 aromatic heterocycles. The van der Waals surface area contributed by atoms with Crippen LogP contribution in [0.1, 0.15) is 48.0 Å². The van der Waals surface area contributed by atoms with Crippen molar-refractivity contribution in [2.75, 3.05) is 0 Å². The fourth-order valence-electron chi connectivity index (χ4n) is 3.07. The summed E-state index contributed by atoms with van der Waals surface area (Å²) in [4.78, 5) is 35.5. The molecule has 4 heteroatoms. The van der Waals surface area contributed by atoms with Gasteiger partial charge in [0, 0.05) is 5.92 Å². The molecule has 0 spiro atoms. The molecule has 1 fully saturated rings. The van der Waals surface area contributed by atoms with Crippen molar-refractivity contribution in [2.24, 2.45) is 28.6 Å². The van der Waals surface area contributed by atoms with Gasteiger partial charge in [-0.1, -0.05) is 41.5 Å². The predicted octanol–water partition coefficient (Wildman–Crippen LogP) is 2.55. The van der Waals surface area contributed by atoms with Gasteiger partial charge < -0.3 is 5.11 Å². The summed E-state index contributed by atoms with van der Waals surface area (Å²) in [6.07, 6.45) is 0.255. The van der Waals surface area contributed by atoms with E-state index >= 15 is 0 Å². The topological polar surface area (TPSA) is 71.4 Å². The molecule has 1 aliphatic carbocycles. The maximum atomic E-state index is 12.3. The van der Waals surface area contributed by atoms with E-state index in [0.29, 0.717) is 0 Å². The zero-order chi connectivity index (χ0) is 15.2. The van der Waals surface area contributed by atoms with E-state index in [4.69, 9.17) is 5.11 Å². The SMILES string of the molecule is CC(C)(C)C1CC(C(=O)O)C(=O)C(=O)C1C(C)(C)C. The van der Waals surface area contributed by atoms with Gasteiger partial charge in [0.2, 0.25) is 11.6 Å². The molecule has 0 aliphatic heterocycles. The molecule has 4 nitrogen and oxygen atoms in total. The van der Waals surface area contributed by atoms with Crippen LogP contribution >= 0.6 is 0 Å². The first-order valence-electron chi connectivity index (χ1n) is 6.68. The fourth-order valence-corrected chi connectivity index (χ4v) is 3.07. The van der Waals surface area contributed by atoms with Crippen LogP contribution in [0.5, 0.6) is 0 Å². The number of rotatable bonds is 1. The second-order valence-corrected chi connectivity index (χ2v) is 7.67. The van der Waals surface area contributed by atoms with Crippen molar-refractivity contribution in [3.8, 4) is 0 Å². The quantitative estimate of drug-likeness (QED) is 0.586. The van der Waals surface area contributed by atoms with Gasteiger partial charge in [0.15, 0.2) is 0 Å². The van der Waals surface area contributed by atoms with Crippen LogP contribution in [0.2, 0.25) is 0 Å². The van der Waals surface area contributed by atoms with Gasteiger partial charge in [-0.2, -0.15) is 0 Å². The summed E-state index contributed by atoms with van der Waals surface area (Å²) in [5.74, 6) is -4.09. The summed E-state index contributed by atoms with van der Waals surface area (Å²) < 4.78 is 0. The molecule has 0 saturated heterocycles. The van der Waals surface area contributed by atoms with Crippen LogP contribution in [0.3, 0.4) is 0 Å². The highest BCUT2D eigenvalue weighted by atomic mass is 16.4. The van der Waals surface area contributed by atoms with Crippen LogP contribution in [0, 0.1) is 28.6 Å². The first-order valence-corrected chi connectivity index (χ1v) is 6.68. The molecule has 1 rings (SSSR count). The van der Waals surface area contributed by atoms with Crippen molar-refractivity contribution >= 4 is 17.5 Å². The molecule has 1 N–H and O–H groups in total. The average molecular weight is 268 g/mol. The van der Waals surface area contributed by atoms with Gasteiger partial charge >= 0.3 is 5.97 Å². The Morgan fingerprint density at radius 2 is 1.47 bits per heavy atom. The monoisotopic (exact) mass is 268 g/mol. The van der Waals surface area contributed by atoms with Crippen LogP contribution in [0.4, 0.5) is 0 Å². The minimum absolute atomic E-state index is 0.0983. The standard InChI is InChI=1S/C15H24O4/c1-14(2,3)9-7-8(13(18)19)11(16)12(17)10(9)15(4,5)6/h8-10H,7H2,1-6H3,(H,18,19). The maximum absolute atomic E-state index is 12.3. The molecule has 3 unspecified atom stereocenters. The van der Waals surface area contributed by atoms with Crippen molar-refractivity contribution in [3.05, 3.63) is 0 Å². The first kappa shape index (κ1) is 15.9. The lowest BCUT2D eigenvalue weighted by Gasteiger charge is -2.46. The summed E-state index contributed by atoms with van der Waals surface area (Å²) in [5.41, 5.74) is -0.545.